The lowest BCUT2D eigenvalue weighted by Crippen LogP contribution is -2.19. The van der Waals surface area contributed by atoms with E-state index in [1.807, 2.05) is 0 Å². The smallest absolute Gasteiger partial charge is 0.385 e. The van der Waals surface area contributed by atoms with Gasteiger partial charge in [0.1, 0.15) is 0 Å². The zero-order valence-corrected chi connectivity index (χ0v) is 9.11. The fourth-order valence-electron chi connectivity index (χ4n) is 0.608. The van der Waals surface area contributed by atoms with E-state index in [-0.39, 0.29) is 3.57 Å². The maximum Gasteiger partial charge on any atom is 0.574 e. The Balaban J connectivity index is 3.06. The molecular weight excluding hydrogens is 340 g/mol. The van der Waals surface area contributed by atoms with Gasteiger partial charge in [-0.2, -0.15) is 4.39 Å². The van der Waals surface area contributed by atoms with Crippen LogP contribution in [-0.2, 0) is 0 Å². The van der Waals surface area contributed by atoms with Gasteiger partial charge in [0.2, 0.25) is 5.82 Å². The molecule has 8 heteroatoms. The zero-order valence-electron chi connectivity index (χ0n) is 6.20. The number of nitrogens with zero attached hydrogens (tertiary/aromatic N) is 1. The summed E-state index contributed by atoms with van der Waals surface area (Å²) in [5.41, 5.74) is 0. The van der Waals surface area contributed by atoms with Gasteiger partial charge in [0, 0.05) is 6.20 Å². The molecule has 0 N–H and O–H groups in total. The van der Waals surface area contributed by atoms with Crippen LogP contribution in [0.25, 0.3) is 0 Å². The largest absolute Gasteiger partial charge is 0.574 e. The molecule has 0 aliphatic rings. The molecule has 0 fully saturated rings. The third kappa shape index (κ3) is 2.84. The average Bonchev–Trinajstić information content (AvgIpc) is 2.04. The summed E-state index contributed by atoms with van der Waals surface area (Å²) < 4.78 is 51.5. The van der Waals surface area contributed by atoms with E-state index in [1.54, 1.807) is 22.6 Å². The van der Waals surface area contributed by atoms with Crippen LogP contribution in [0.3, 0.4) is 0 Å². The Morgan fingerprint density at radius 2 is 2.00 bits per heavy atom. The molecule has 0 spiro atoms. The predicted octanol–water partition coefficient (Wildman–Crippen LogP) is 3.38. The molecule has 14 heavy (non-hydrogen) atoms. The Bertz CT molecular complexity index is 356. The number of hydrogen-bond donors (Lipinski definition) is 0. The molecule has 1 aromatic heterocycles. The fourth-order valence-corrected chi connectivity index (χ4v) is 1.11. The van der Waals surface area contributed by atoms with Gasteiger partial charge in [-0.05, 0) is 22.6 Å². The summed E-state index contributed by atoms with van der Waals surface area (Å²) in [5.74, 6) is -2.50. The average molecular weight is 341 g/mol. The summed E-state index contributed by atoms with van der Waals surface area (Å²) in [5, 5.41) is -0.445. The first kappa shape index (κ1) is 11.8. The predicted molar refractivity (Wildman–Crippen MR) is 48.6 cm³/mol. The Kier molecular flexibility index (Phi) is 3.40. The number of halogens is 6. The van der Waals surface area contributed by atoms with Gasteiger partial charge in [-0.25, -0.2) is 4.98 Å². The van der Waals surface area contributed by atoms with Gasteiger partial charge >= 0.3 is 6.36 Å². The number of alkyl halides is 3. The topological polar surface area (TPSA) is 22.1 Å². The Labute approximate surface area is 94.4 Å². The van der Waals surface area contributed by atoms with Crippen LogP contribution in [0.5, 0.6) is 5.88 Å². The highest BCUT2D eigenvalue weighted by atomic mass is 127. The van der Waals surface area contributed by atoms with Gasteiger partial charge in [0.25, 0.3) is 5.88 Å². The molecule has 1 aromatic rings. The maximum absolute atomic E-state index is 13.0. The lowest BCUT2D eigenvalue weighted by atomic mass is 10.4. The maximum atomic E-state index is 13.0. The van der Waals surface area contributed by atoms with Crippen LogP contribution in [0.15, 0.2) is 6.20 Å². The summed E-state index contributed by atoms with van der Waals surface area (Å²) >= 11 is 6.97. The van der Waals surface area contributed by atoms with Crippen LogP contribution in [0.2, 0.25) is 5.02 Å². The van der Waals surface area contributed by atoms with Crippen LogP contribution in [0, 0.1) is 9.39 Å². The number of aromatic nitrogens is 1. The highest BCUT2D eigenvalue weighted by Gasteiger charge is 2.33. The van der Waals surface area contributed by atoms with Crippen molar-refractivity contribution in [1.82, 2.24) is 4.98 Å². The third-order valence-corrected chi connectivity index (χ3v) is 2.60. The van der Waals surface area contributed by atoms with Gasteiger partial charge in [-0.1, -0.05) is 11.6 Å². The molecule has 0 amide bonds. The minimum absolute atomic E-state index is 0.205. The van der Waals surface area contributed by atoms with E-state index in [1.165, 1.54) is 0 Å². The van der Waals surface area contributed by atoms with Crippen molar-refractivity contribution in [2.24, 2.45) is 0 Å². The van der Waals surface area contributed by atoms with Gasteiger partial charge in [0.15, 0.2) is 0 Å². The van der Waals surface area contributed by atoms with Gasteiger partial charge in [-0.15, -0.1) is 13.2 Å². The molecule has 0 aromatic carbocycles. The lowest BCUT2D eigenvalue weighted by Gasteiger charge is -2.09. The molecule has 1 heterocycles. The number of hydrogen-bond acceptors (Lipinski definition) is 2. The lowest BCUT2D eigenvalue weighted by molar-refractivity contribution is -0.277. The first-order chi connectivity index (χ1) is 6.31. The molecular formula is C6HClF4INO. The second kappa shape index (κ2) is 4.05. The van der Waals surface area contributed by atoms with Crippen LogP contribution < -0.4 is 4.74 Å². The SMILES string of the molecule is Fc1c(OC(F)(F)F)ncc(I)c1Cl. The number of rotatable bonds is 1. The van der Waals surface area contributed by atoms with Crippen molar-refractivity contribution >= 4 is 34.2 Å². The zero-order chi connectivity index (χ0) is 10.9. The summed E-state index contributed by atoms with van der Waals surface area (Å²) in [4.78, 5) is 3.11. The van der Waals surface area contributed by atoms with Gasteiger partial charge in [0.05, 0.1) is 8.59 Å². The number of pyridine rings is 1. The summed E-state index contributed by atoms with van der Waals surface area (Å²) in [6.07, 6.45) is -4.00. The van der Waals surface area contributed by atoms with Crippen LogP contribution in [0.1, 0.15) is 0 Å². The van der Waals surface area contributed by atoms with E-state index in [0.29, 0.717) is 0 Å². The van der Waals surface area contributed by atoms with Crippen molar-refractivity contribution in [2.45, 2.75) is 6.36 Å². The normalized spacial score (nSPS) is 11.6. The van der Waals surface area contributed by atoms with Gasteiger partial charge < -0.3 is 4.74 Å². The van der Waals surface area contributed by atoms with Crippen LogP contribution in [0.4, 0.5) is 17.6 Å². The molecule has 1 rings (SSSR count). The second-order valence-electron chi connectivity index (χ2n) is 2.09. The van der Waals surface area contributed by atoms with Crippen molar-refractivity contribution in [2.75, 3.05) is 0 Å². The van der Waals surface area contributed by atoms with Crippen molar-refractivity contribution in [3.05, 3.63) is 20.6 Å². The molecule has 0 saturated carbocycles. The number of ether oxygens (including phenoxy) is 1. The fraction of sp³-hybridized carbons (Fsp3) is 0.167. The molecule has 0 saturated heterocycles. The molecule has 0 radical (unpaired) electrons. The second-order valence-corrected chi connectivity index (χ2v) is 3.63. The van der Waals surface area contributed by atoms with Crippen molar-refractivity contribution in [1.29, 1.82) is 0 Å². The summed E-state index contributed by atoms with van der Waals surface area (Å²) in [6, 6.07) is 0. The molecule has 0 unspecified atom stereocenters. The Hall–Kier alpha value is -0.310. The first-order valence-corrected chi connectivity index (χ1v) is 4.52. The first-order valence-electron chi connectivity index (χ1n) is 3.06. The molecule has 0 aliphatic carbocycles. The quantitative estimate of drug-likeness (QED) is 0.577. The monoisotopic (exact) mass is 341 g/mol. The molecule has 2 nitrogen and oxygen atoms in total. The van der Waals surface area contributed by atoms with Gasteiger partial charge in [-0.3, -0.25) is 0 Å². The van der Waals surface area contributed by atoms with E-state index in [9.17, 15) is 17.6 Å². The summed E-state index contributed by atoms with van der Waals surface area (Å²) in [7, 11) is 0. The molecule has 78 valence electrons. The standard InChI is InChI=1S/C6HClF4INO/c7-3-2(12)1-13-5(4(3)8)14-6(9,10)11/h1H. The van der Waals surface area contributed by atoms with E-state index >= 15 is 0 Å². The minimum atomic E-state index is -4.98. The summed E-state index contributed by atoms with van der Waals surface area (Å²) in [6.45, 7) is 0. The van der Waals surface area contributed by atoms with Crippen molar-refractivity contribution in [3.63, 3.8) is 0 Å². The molecule has 0 aliphatic heterocycles. The third-order valence-electron chi connectivity index (χ3n) is 1.10. The van der Waals surface area contributed by atoms with Crippen molar-refractivity contribution < 1.29 is 22.3 Å². The highest BCUT2D eigenvalue weighted by Crippen LogP contribution is 2.30. The van der Waals surface area contributed by atoms with E-state index in [0.717, 1.165) is 6.20 Å². The van der Waals surface area contributed by atoms with E-state index in [2.05, 4.69) is 9.72 Å². The molecule has 0 bridgehead atoms. The Morgan fingerprint density at radius 3 is 2.50 bits per heavy atom. The highest BCUT2D eigenvalue weighted by molar-refractivity contribution is 14.1. The van der Waals surface area contributed by atoms with Crippen LogP contribution >= 0.6 is 34.2 Å². The Morgan fingerprint density at radius 1 is 1.43 bits per heavy atom. The van der Waals surface area contributed by atoms with E-state index < -0.39 is 23.1 Å². The minimum Gasteiger partial charge on any atom is -0.385 e. The van der Waals surface area contributed by atoms with Crippen molar-refractivity contribution in [3.8, 4) is 5.88 Å². The van der Waals surface area contributed by atoms with Crippen LogP contribution in [-0.4, -0.2) is 11.3 Å². The van der Waals surface area contributed by atoms with E-state index in [4.69, 9.17) is 11.6 Å². The molecule has 0 atom stereocenters.